The Balaban J connectivity index is 1.98. The highest BCUT2D eigenvalue weighted by atomic mass is 16.7. The molecule has 2 aromatic rings. The zero-order chi connectivity index (χ0) is 19.5. The first-order valence-corrected chi connectivity index (χ1v) is 9.53. The van der Waals surface area contributed by atoms with Crippen LogP contribution in [0.5, 0.6) is 0 Å². The molecule has 27 heavy (non-hydrogen) atoms. The lowest BCUT2D eigenvalue weighted by molar-refractivity contribution is -0.143. The Morgan fingerprint density at radius 3 is 2.67 bits per heavy atom. The zero-order valence-electron chi connectivity index (χ0n) is 16.3. The summed E-state index contributed by atoms with van der Waals surface area (Å²) in [7, 11) is 0. The molecule has 1 fully saturated rings. The van der Waals surface area contributed by atoms with Gasteiger partial charge >= 0.3 is 0 Å². The summed E-state index contributed by atoms with van der Waals surface area (Å²) in [4.78, 5) is 13.4. The van der Waals surface area contributed by atoms with Crippen LogP contribution < -0.4 is 0 Å². The van der Waals surface area contributed by atoms with E-state index in [0.717, 1.165) is 22.2 Å². The smallest absolute Gasteiger partial charge is 0.237 e. The Morgan fingerprint density at radius 2 is 2.07 bits per heavy atom. The van der Waals surface area contributed by atoms with Crippen molar-refractivity contribution in [2.24, 2.45) is 11.8 Å². The van der Waals surface area contributed by atoms with Gasteiger partial charge in [0.1, 0.15) is 0 Å². The first-order chi connectivity index (χ1) is 12.8. The van der Waals surface area contributed by atoms with E-state index in [-0.39, 0.29) is 23.8 Å². The van der Waals surface area contributed by atoms with Gasteiger partial charge in [0.2, 0.25) is 5.91 Å². The van der Waals surface area contributed by atoms with Gasteiger partial charge in [-0.25, -0.2) is 0 Å². The van der Waals surface area contributed by atoms with Crippen molar-refractivity contribution < 1.29 is 19.4 Å². The van der Waals surface area contributed by atoms with Crippen LogP contribution in [0, 0.1) is 18.8 Å². The molecule has 0 saturated carbocycles. The van der Waals surface area contributed by atoms with Crippen molar-refractivity contribution in [2.75, 3.05) is 6.61 Å². The van der Waals surface area contributed by atoms with Crippen molar-refractivity contribution in [3.05, 3.63) is 48.2 Å². The van der Waals surface area contributed by atoms with E-state index in [4.69, 9.17) is 9.47 Å². The number of benzene rings is 1. The fraction of sp³-hybridized carbons (Fsp3) is 0.500. The maximum absolute atomic E-state index is 13.4. The Morgan fingerprint density at radius 1 is 1.37 bits per heavy atom. The predicted molar refractivity (Wildman–Crippen MR) is 104 cm³/mol. The Kier molecular flexibility index (Phi) is 4.29. The zero-order valence-corrected chi connectivity index (χ0v) is 16.3. The van der Waals surface area contributed by atoms with Crippen LogP contribution in [0.3, 0.4) is 0 Å². The quantitative estimate of drug-likeness (QED) is 0.839. The van der Waals surface area contributed by atoms with Crippen LogP contribution in [0.15, 0.2) is 36.9 Å². The Hall–Kier alpha value is -1.95. The summed E-state index contributed by atoms with van der Waals surface area (Å²) >= 11 is 0. The molecule has 0 spiro atoms. The van der Waals surface area contributed by atoms with Crippen LogP contribution in [0.25, 0.3) is 10.9 Å². The van der Waals surface area contributed by atoms with Gasteiger partial charge < -0.3 is 14.6 Å². The van der Waals surface area contributed by atoms with Crippen LogP contribution in [-0.2, 0) is 9.47 Å². The van der Waals surface area contributed by atoms with Crippen molar-refractivity contribution in [1.82, 2.24) is 4.57 Å². The minimum atomic E-state index is -0.784. The monoisotopic (exact) mass is 369 g/mol. The third kappa shape index (κ3) is 2.68. The van der Waals surface area contributed by atoms with Gasteiger partial charge in [0.25, 0.3) is 0 Å². The molecule has 1 aromatic carbocycles. The average molecular weight is 369 g/mol. The molecular formula is C22H27NO4. The number of hydrogen-bond acceptors (Lipinski definition) is 4. The summed E-state index contributed by atoms with van der Waals surface area (Å²) in [5.74, 6) is -1.65. The van der Waals surface area contributed by atoms with Crippen molar-refractivity contribution in [3.8, 4) is 0 Å². The van der Waals surface area contributed by atoms with E-state index in [9.17, 15) is 9.90 Å². The standard InChI is InChI=1S/C22H27NO4/c1-6-14-18(13(3)24)21(25)23-16-10-8-7-9-15(16)12(2)20(23)19(14)17-11-26-22(4,5)27-17/h6-10,13-14,17-19,24H,1,11H2,2-5H3/t13-,14-,17+,18-,19-/m0/s1. The van der Waals surface area contributed by atoms with Crippen LogP contribution in [-0.4, -0.2) is 40.2 Å². The number of ether oxygens (including phenoxy) is 2. The van der Waals surface area contributed by atoms with Crippen LogP contribution in [0.4, 0.5) is 0 Å². The fourth-order valence-corrected chi connectivity index (χ4v) is 4.91. The number of aromatic nitrogens is 1. The highest BCUT2D eigenvalue weighted by Gasteiger charge is 2.50. The second-order valence-electron chi connectivity index (χ2n) is 8.17. The number of carbonyl (C=O) groups excluding carboxylic acids is 1. The molecule has 5 heteroatoms. The molecule has 2 aliphatic heterocycles. The second-order valence-corrected chi connectivity index (χ2v) is 8.17. The van der Waals surface area contributed by atoms with E-state index in [0.29, 0.717) is 6.61 Å². The number of allylic oxidation sites excluding steroid dienone is 1. The summed E-state index contributed by atoms with van der Waals surface area (Å²) in [5, 5.41) is 11.5. The second kappa shape index (κ2) is 6.30. The van der Waals surface area contributed by atoms with Gasteiger partial charge in [-0.2, -0.15) is 0 Å². The van der Waals surface area contributed by atoms with Gasteiger partial charge in [-0.1, -0.05) is 24.3 Å². The number of carbonyl (C=O) groups is 1. The molecule has 0 aliphatic carbocycles. The van der Waals surface area contributed by atoms with Gasteiger partial charge in [-0.15, -0.1) is 6.58 Å². The molecule has 0 radical (unpaired) electrons. The number of para-hydroxylation sites is 1. The Bertz CT molecular complexity index is 910. The van der Waals surface area contributed by atoms with Gasteiger partial charge in [0.15, 0.2) is 5.79 Å². The molecule has 144 valence electrons. The molecule has 0 bridgehead atoms. The average Bonchev–Trinajstić information content (AvgIpc) is 3.12. The maximum atomic E-state index is 13.4. The number of aliphatic hydroxyl groups excluding tert-OH is 1. The first-order valence-electron chi connectivity index (χ1n) is 9.53. The SMILES string of the molecule is C=C[C@H]1[C@H]([C@H](C)O)C(=O)n2c(c(C)c3ccccc32)[C@@H]1[C@H]1COC(C)(C)O1. The van der Waals surface area contributed by atoms with Crippen LogP contribution in [0.2, 0.25) is 0 Å². The molecule has 2 aliphatic rings. The molecule has 0 unspecified atom stereocenters. The van der Waals surface area contributed by atoms with E-state index in [2.05, 4.69) is 13.5 Å². The van der Waals surface area contributed by atoms with Gasteiger partial charge in [-0.05, 0) is 39.3 Å². The number of aliphatic hydroxyl groups is 1. The molecule has 1 saturated heterocycles. The number of aryl methyl sites for hydroxylation is 1. The van der Waals surface area contributed by atoms with Gasteiger partial charge in [-0.3, -0.25) is 9.36 Å². The molecule has 5 atom stereocenters. The molecule has 5 nitrogen and oxygen atoms in total. The third-order valence-corrected chi connectivity index (χ3v) is 6.05. The lowest BCUT2D eigenvalue weighted by Crippen LogP contribution is -2.47. The summed E-state index contributed by atoms with van der Waals surface area (Å²) in [5.41, 5.74) is 2.91. The lowest BCUT2D eigenvalue weighted by atomic mass is 9.71. The number of hydrogen-bond donors (Lipinski definition) is 1. The van der Waals surface area contributed by atoms with Crippen molar-refractivity contribution in [3.63, 3.8) is 0 Å². The van der Waals surface area contributed by atoms with E-state index in [1.165, 1.54) is 0 Å². The first kappa shape index (κ1) is 18.4. The summed E-state index contributed by atoms with van der Waals surface area (Å²) in [6, 6.07) is 7.92. The summed E-state index contributed by atoms with van der Waals surface area (Å²) in [6.07, 6.45) is 0.807. The number of fused-ring (bicyclic) bond motifs is 3. The van der Waals surface area contributed by atoms with Crippen molar-refractivity contribution >= 4 is 16.8 Å². The summed E-state index contributed by atoms with van der Waals surface area (Å²) < 4.78 is 13.8. The van der Waals surface area contributed by atoms with Crippen LogP contribution >= 0.6 is 0 Å². The topological polar surface area (TPSA) is 60.7 Å². The molecule has 4 rings (SSSR count). The third-order valence-electron chi connectivity index (χ3n) is 6.05. The fourth-order valence-electron chi connectivity index (χ4n) is 4.91. The van der Waals surface area contributed by atoms with E-state index in [1.807, 2.05) is 38.1 Å². The Labute approximate surface area is 159 Å². The molecule has 1 aromatic heterocycles. The maximum Gasteiger partial charge on any atom is 0.237 e. The van der Waals surface area contributed by atoms with Crippen molar-refractivity contribution in [2.45, 2.75) is 51.6 Å². The molecule has 0 amide bonds. The largest absolute Gasteiger partial charge is 0.393 e. The van der Waals surface area contributed by atoms with Gasteiger partial charge in [0.05, 0.1) is 30.2 Å². The van der Waals surface area contributed by atoms with Crippen molar-refractivity contribution in [1.29, 1.82) is 0 Å². The van der Waals surface area contributed by atoms with Crippen LogP contribution in [0.1, 0.15) is 42.7 Å². The molecule has 3 heterocycles. The normalized spacial score (nSPS) is 31.1. The number of nitrogens with zero attached hydrogens (tertiary/aromatic N) is 1. The highest BCUT2D eigenvalue weighted by Crippen LogP contribution is 2.48. The minimum Gasteiger partial charge on any atom is -0.393 e. The number of rotatable bonds is 3. The van der Waals surface area contributed by atoms with E-state index >= 15 is 0 Å². The molecule has 1 N–H and O–H groups in total. The molecular weight excluding hydrogens is 342 g/mol. The highest BCUT2D eigenvalue weighted by molar-refractivity contribution is 5.98. The minimum absolute atomic E-state index is 0.0800. The van der Waals surface area contributed by atoms with Gasteiger partial charge in [0, 0.05) is 22.9 Å². The van der Waals surface area contributed by atoms with E-state index < -0.39 is 17.8 Å². The van der Waals surface area contributed by atoms with E-state index in [1.54, 1.807) is 17.6 Å². The lowest BCUT2D eigenvalue weighted by Gasteiger charge is -2.40. The summed E-state index contributed by atoms with van der Waals surface area (Å²) in [6.45, 7) is 12.0. The predicted octanol–water partition coefficient (Wildman–Crippen LogP) is 3.64.